The zero-order chi connectivity index (χ0) is 44.5. The quantitative estimate of drug-likeness (QED) is 0.155. The molecule has 0 saturated heterocycles. The Balaban J connectivity index is 1.03. The molecule has 0 amide bonds. The first kappa shape index (κ1) is 38.4. The molecule has 10 aromatic carbocycles. The molecule has 16 rings (SSSR count). The first-order valence-corrected chi connectivity index (χ1v) is 24.8. The van der Waals surface area contributed by atoms with E-state index in [1.165, 1.54) is 98.2 Å². The lowest BCUT2D eigenvalue weighted by Gasteiger charge is -2.61. The third kappa shape index (κ3) is 5.35. The SMILES string of the molecule is c1ccc(-c2cc(N(c3c4ccccc4c(-c4ccccc4)c4ccccc34)c3cccc4oc5ccccc5c34)ccc2-c2cccc3c2-c2ccccc2C32C3CC4CC(C3)CC2C4)cc1. The minimum absolute atomic E-state index is 0.0963. The van der Waals surface area contributed by atoms with Crippen molar-refractivity contribution in [2.75, 3.05) is 4.90 Å². The Bertz CT molecular complexity index is 3740. The van der Waals surface area contributed by atoms with Gasteiger partial charge in [-0.1, -0.05) is 182 Å². The van der Waals surface area contributed by atoms with Gasteiger partial charge in [0, 0.05) is 27.3 Å². The second-order valence-electron chi connectivity index (χ2n) is 20.3. The number of furan rings is 1. The maximum absolute atomic E-state index is 6.66. The number of nitrogens with zero attached hydrogens (tertiary/aromatic N) is 1. The van der Waals surface area contributed by atoms with Crippen molar-refractivity contribution in [3.05, 3.63) is 223 Å². The molecule has 0 aliphatic heterocycles. The average Bonchev–Trinajstić information content (AvgIpc) is 3.93. The van der Waals surface area contributed by atoms with Crippen LogP contribution in [0.2, 0.25) is 0 Å². The maximum Gasteiger partial charge on any atom is 0.137 e. The van der Waals surface area contributed by atoms with Crippen molar-refractivity contribution in [3.63, 3.8) is 0 Å². The van der Waals surface area contributed by atoms with E-state index in [0.717, 1.165) is 50.8 Å². The van der Waals surface area contributed by atoms with E-state index in [1.54, 1.807) is 11.1 Å². The molecule has 0 N–H and O–H groups in total. The fraction of sp³-hybridized carbons (Fsp3) is 0.152. The van der Waals surface area contributed by atoms with Gasteiger partial charge >= 0.3 is 0 Å². The summed E-state index contributed by atoms with van der Waals surface area (Å²) in [5, 5.41) is 7.04. The summed E-state index contributed by atoms with van der Waals surface area (Å²) in [4.78, 5) is 2.55. The van der Waals surface area contributed by atoms with Crippen LogP contribution in [0.1, 0.15) is 43.2 Å². The second-order valence-corrected chi connectivity index (χ2v) is 20.3. The van der Waals surface area contributed by atoms with Crippen LogP contribution in [0.5, 0.6) is 0 Å². The molecular weight excluding hydrogens is 823 g/mol. The van der Waals surface area contributed by atoms with Gasteiger partial charge in [-0.2, -0.15) is 0 Å². The van der Waals surface area contributed by atoms with Crippen LogP contribution in [0.3, 0.4) is 0 Å². The van der Waals surface area contributed by atoms with Crippen LogP contribution in [-0.2, 0) is 5.41 Å². The van der Waals surface area contributed by atoms with E-state index >= 15 is 0 Å². The van der Waals surface area contributed by atoms with E-state index in [2.05, 4.69) is 217 Å². The minimum Gasteiger partial charge on any atom is -0.456 e. The number of hydrogen-bond acceptors (Lipinski definition) is 2. The van der Waals surface area contributed by atoms with Crippen LogP contribution in [0.4, 0.5) is 17.1 Å². The monoisotopic (exact) mass is 871 g/mol. The third-order valence-corrected chi connectivity index (χ3v) is 17.0. The predicted molar refractivity (Wildman–Crippen MR) is 283 cm³/mol. The summed E-state index contributed by atoms with van der Waals surface area (Å²) >= 11 is 0. The fourth-order valence-electron chi connectivity index (χ4n) is 14.8. The molecule has 0 radical (unpaired) electrons. The minimum atomic E-state index is 0.0963. The number of para-hydroxylation sites is 1. The lowest BCUT2D eigenvalue weighted by atomic mass is 9.43. The molecule has 1 spiro atoms. The Morgan fingerprint density at radius 3 is 1.66 bits per heavy atom. The predicted octanol–water partition coefficient (Wildman–Crippen LogP) is 18.1. The Kier molecular flexibility index (Phi) is 8.28. The molecule has 4 saturated carbocycles. The van der Waals surface area contributed by atoms with Gasteiger partial charge in [0.25, 0.3) is 0 Å². The zero-order valence-electron chi connectivity index (χ0n) is 37.9. The van der Waals surface area contributed by atoms with Gasteiger partial charge in [-0.05, 0) is 153 Å². The molecule has 5 aliphatic rings. The normalized spacial score (nSPS) is 21.0. The number of fused-ring (bicyclic) bond motifs is 8. The number of benzene rings is 10. The summed E-state index contributed by atoms with van der Waals surface area (Å²) in [6.45, 7) is 0. The first-order chi connectivity index (χ1) is 33.7. The maximum atomic E-state index is 6.66. The van der Waals surface area contributed by atoms with Crippen LogP contribution < -0.4 is 4.90 Å². The summed E-state index contributed by atoms with van der Waals surface area (Å²) < 4.78 is 6.66. The number of hydrogen-bond donors (Lipinski definition) is 0. The molecule has 324 valence electrons. The smallest absolute Gasteiger partial charge is 0.137 e. The molecule has 1 heterocycles. The highest BCUT2D eigenvalue weighted by Crippen LogP contribution is 2.70. The Morgan fingerprint density at radius 2 is 0.941 bits per heavy atom. The molecule has 4 fully saturated rings. The Hall–Kier alpha value is -7.68. The van der Waals surface area contributed by atoms with Crippen LogP contribution in [0, 0.1) is 23.7 Å². The van der Waals surface area contributed by atoms with Crippen LogP contribution in [-0.4, -0.2) is 0 Å². The van der Waals surface area contributed by atoms with Crippen molar-refractivity contribution in [2.45, 2.75) is 37.5 Å². The van der Waals surface area contributed by atoms with E-state index in [-0.39, 0.29) is 5.41 Å². The Morgan fingerprint density at radius 1 is 0.382 bits per heavy atom. The highest BCUT2D eigenvalue weighted by molar-refractivity contribution is 6.24. The fourth-order valence-corrected chi connectivity index (χ4v) is 14.8. The van der Waals surface area contributed by atoms with E-state index in [9.17, 15) is 0 Å². The summed E-state index contributed by atoms with van der Waals surface area (Å²) in [7, 11) is 0. The van der Waals surface area contributed by atoms with Crippen molar-refractivity contribution in [1.82, 2.24) is 0 Å². The van der Waals surface area contributed by atoms with Crippen LogP contribution >= 0.6 is 0 Å². The highest BCUT2D eigenvalue weighted by atomic mass is 16.3. The number of anilines is 3. The molecule has 5 aliphatic carbocycles. The van der Waals surface area contributed by atoms with Gasteiger partial charge in [-0.25, -0.2) is 0 Å². The molecule has 2 heteroatoms. The number of rotatable bonds is 6. The van der Waals surface area contributed by atoms with Gasteiger partial charge in [-0.3, -0.25) is 0 Å². The largest absolute Gasteiger partial charge is 0.456 e. The van der Waals surface area contributed by atoms with Crippen molar-refractivity contribution in [1.29, 1.82) is 0 Å². The van der Waals surface area contributed by atoms with Gasteiger partial charge in [0.1, 0.15) is 11.2 Å². The molecule has 4 bridgehead atoms. The van der Waals surface area contributed by atoms with E-state index in [1.807, 2.05) is 0 Å². The molecule has 1 aromatic heterocycles. The highest BCUT2D eigenvalue weighted by Gasteiger charge is 2.61. The summed E-state index contributed by atoms with van der Waals surface area (Å²) in [5.41, 5.74) is 18.8. The van der Waals surface area contributed by atoms with Crippen LogP contribution in [0.25, 0.3) is 88.0 Å². The summed E-state index contributed by atoms with van der Waals surface area (Å²) in [5.74, 6) is 3.22. The van der Waals surface area contributed by atoms with E-state index in [4.69, 9.17) is 4.42 Å². The Labute approximate surface area is 397 Å². The van der Waals surface area contributed by atoms with Crippen molar-refractivity contribution >= 4 is 60.5 Å². The van der Waals surface area contributed by atoms with Gasteiger partial charge in [0.05, 0.1) is 16.8 Å². The van der Waals surface area contributed by atoms with Crippen LogP contribution in [0.15, 0.2) is 217 Å². The van der Waals surface area contributed by atoms with Gasteiger partial charge in [0.15, 0.2) is 0 Å². The van der Waals surface area contributed by atoms with Crippen molar-refractivity contribution in [3.8, 4) is 44.5 Å². The van der Waals surface area contributed by atoms with Gasteiger partial charge in [-0.15, -0.1) is 0 Å². The second kappa shape index (κ2) is 14.7. The summed E-state index contributed by atoms with van der Waals surface area (Å²) in [6.07, 6.45) is 6.95. The third-order valence-electron chi connectivity index (χ3n) is 17.0. The van der Waals surface area contributed by atoms with Crippen molar-refractivity contribution in [2.24, 2.45) is 23.7 Å². The molecule has 11 aromatic rings. The van der Waals surface area contributed by atoms with Gasteiger partial charge in [0.2, 0.25) is 0 Å². The molecule has 68 heavy (non-hydrogen) atoms. The topological polar surface area (TPSA) is 16.4 Å². The lowest BCUT2D eigenvalue weighted by Crippen LogP contribution is -2.55. The zero-order valence-corrected chi connectivity index (χ0v) is 37.9. The summed E-state index contributed by atoms with van der Waals surface area (Å²) in [6, 6.07) is 79.4. The molecular formula is C66H49NO. The standard InChI is InChI=1S/C66H49NO/c1-3-17-43(18-4-1)56-40-47(33-34-48(56)49-27-15-29-58-63(49)54-25-11-13-28-57(54)66(58)45-36-41-35-42(38-45)39-46(66)37-41)67(59-30-16-32-61-64(59)55-26-12-14-31-60(55)68-61)65-52-23-9-7-21-50(52)62(44-19-5-2-6-20-44)51-22-8-10-24-53(51)65/h1-34,40-42,45-46H,35-39H2. The van der Waals surface area contributed by atoms with Crippen molar-refractivity contribution < 1.29 is 4.42 Å². The van der Waals surface area contributed by atoms with Gasteiger partial charge < -0.3 is 9.32 Å². The molecule has 0 unspecified atom stereocenters. The molecule has 0 atom stereocenters. The lowest BCUT2D eigenvalue weighted by molar-refractivity contribution is -0.0399. The van der Waals surface area contributed by atoms with E-state index in [0.29, 0.717) is 11.8 Å². The molecule has 2 nitrogen and oxygen atoms in total. The first-order valence-electron chi connectivity index (χ1n) is 24.8. The average molecular weight is 872 g/mol. The van der Waals surface area contributed by atoms with E-state index < -0.39 is 0 Å².